The Morgan fingerprint density at radius 1 is 1.50 bits per heavy atom. The zero-order valence-corrected chi connectivity index (χ0v) is 9.60. The van der Waals surface area contributed by atoms with E-state index in [0.29, 0.717) is 6.04 Å². The summed E-state index contributed by atoms with van der Waals surface area (Å²) in [5.41, 5.74) is 1.12. The Bertz CT molecular complexity index is 289. The summed E-state index contributed by atoms with van der Waals surface area (Å²) >= 11 is 1.71. The third-order valence-electron chi connectivity index (χ3n) is 2.67. The molecule has 1 aromatic heterocycles. The van der Waals surface area contributed by atoms with Crippen LogP contribution < -0.4 is 5.32 Å². The van der Waals surface area contributed by atoms with Gasteiger partial charge in [0, 0.05) is 11.4 Å². The second-order valence-electron chi connectivity index (χ2n) is 4.02. The first-order valence-electron chi connectivity index (χ1n) is 5.11. The van der Waals surface area contributed by atoms with Crippen LogP contribution in [0.1, 0.15) is 18.5 Å². The fourth-order valence-electron chi connectivity index (χ4n) is 1.75. The van der Waals surface area contributed by atoms with Gasteiger partial charge in [-0.05, 0) is 39.9 Å². The van der Waals surface area contributed by atoms with Crippen molar-refractivity contribution in [2.45, 2.75) is 25.8 Å². The van der Waals surface area contributed by atoms with Gasteiger partial charge in [0.05, 0.1) is 5.69 Å². The van der Waals surface area contributed by atoms with Gasteiger partial charge in [-0.15, -0.1) is 11.3 Å². The van der Waals surface area contributed by atoms with Gasteiger partial charge in [-0.2, -0.15) is 0 Å². The van der Waals surface area contributed by atoms with E-state index in [9.17, 15) is 0 Å². The molecule has 78 valence electrons. The van der Waals surface area contributed by atoms with E-state index in [1.807, 2.05) is 6.92 Å². The Labute approximate surface area is 89.1 Å². The highest BCUT2D eigenvalue weighted by molar-refractivity contribution is 7.13. The number of aromatic nitrogens is 1. The summed E-state index contributed by atoms with van der Waals surface area (Å²) in [7, 11) is 2.18. The Kier molecular flexibility index (Phi) is 3.03. The third kappa shape index (κ3) is 2.45. The van der Waals surface area contributed by atoms with E-state index in [1.165, 1.54) is 25.9 Å². The maximum atomic E-state index is 4.42. The lowest BCUT2D eigenvalue weighted by Crippen LogP contribution is -2.36. The standard InChI is InChI=1S/C10H17N3S/c1-8-7-14-10(11-8)12-9-3-5-13(2)6-4-9/h7,9H,3-6H2,1-2H3,(H,11,12). The number of aryl methyl sites for hydroxylation is 1. The molecule has 0 spiro atoms. The van der Waals surface area contributed by atoms with Crippen LogP contribution in [-0.4, -0.2) is 36.1 Å². The molecule has 1 aliphatic rings. The van der Waals surface area contributed by atoms with E-state index >= 15 is 0 Å². The Morgan fingerprint density at radius 2 is 2.21 bits per heavy atom. The van der Waals surface area contributed by atoms with E-state index in [0.717, 1.165) is 10.8 Å². The summed E-state index contributed by atoms with van der Waals surface area (Å²) in [6.45, 7) is 4.43. The normalized spacial score (nSPS) is 19.9. The highest BCUT2D eigenvalue weighted by Gasteiger charge is 2.16. The van der Waals surface area contributed by atoms with Crippen LogP contribution in [0.3, 0.4) is 0 Å². The number of anilines is 1. The Balaban J connectivity index is 1.86. The molecular formula is C10H17N3S. The highest BCUT2D eigenvalue weighted by atomic mass is 32.1. The molecule has 0 radical (unpaired) electrons. The van der Waals surface area contributed by atoms with Gasteiger partial charge in [0.15, 0.2) is 5.13 Å². The molecule has 2 rings (SSSR count). The number of rotatable bonds is 2. The van der Waals surface area contributed by atoms with Gasteiger partial charge >= 0.3 is 0 Å². The zero-order chi connectivity index (χ0) is 9.97. The number of likely N-dealkylation sites (tertiary alicyclic amines) is 1. The van der Waals surface area contributed by atoms with Gasteiger partial charge in [0.2, 0.25) is 0 Å². The van der Waals surface area contributed by atoms with E-state index in [-0.39, 0.29) is 0 Å². The van der Waals surface area contributed by atoms with Crippen LogP contribution >= 0.6 is 11.3 Å². The Morgan fingerprint density at radius 3 is 2.79 bits per heavy atom. The van der Waals surface area contributed by atoms with Crippen LogP contribution in [0.25, 0.3) is 0 Å². The van der Waals surface area contributed by atoms with Crippen molar-refractivity contribution in [3.05, 3.63) is 11.1 Å². The van der Waals surface area contributed by atoms with Crippen molar-refractivity contribution in [3.63, 3.8) is 0 Å². The lowest BCUT2D eigenvalue weighted by Gasteiger charge is -2.29. The fourth-order valence-corrected chi connectivity index (χ4v) is 2.51. The second-order valence-corrected chi connectivity index (χ2v) is 4.87. The quantitative estimate of drug-likeness (QED) is 0.810. The molecule has 0 amide bonds. The molecule has 1 aromatic rings. The molecule has 3 nitrogen and oxygen atoms in total. The summed E-state index contributed by atoms with van der Waals surface area (Å²) in [6.07, 6.45) is 2.46. The van der Waals surface area contributed by atoms with Gasteiger partial charge < -0.3 is 10.2 Å². The number of piperidine rings is 1. The van der Waals surface area contributed by atoms with E-state index < -0.39 is 0 Å². The van der Waals surface area contributed by atoms with Gasteiger partial charge in [0.1, 0.15) is 0 Å². The molecule has 0 unspecified atom stereocenters. The molecule has 4 heteroatoms. The Hall–Kier alpha value is -0.610. The first-order chi connectivity index (χ1) is 6.74. The predicted molar refractivity (Wildman–Crippen MR) is 61.0 cm³/mol. The summed E-state index contributed by atoms with van der Waals surface area (Å²) < 4.78 is 0. The zero-order valence-electron chi connectivity index (χ0n) is 8.79. The average molecular weight is 211 g/mol. The third-order valence-corrected chi connectivity index (χ3v) is 3.56. The predicted octanol–water partition coefficient (Wildman–Crippen LogP) is 1.96. The number of nitrogens with one attached hydrogen (secondary N) is 1. The van der Waals surface area contributed by atoms with Gasteiger partial charge in [-0.25, -0.2) is 4.98 Å². The number of hydrogen-bond acceptors (Lipinski definition) is 4. The molecule has 0 bridgehead atoms. The van der Waals surface area contributed by atoms with Crippen molar-refractivity contribution in [3.8, 4) is 0 Å². The summed E-state index contributed by atoms with van der Waals surface area (Å²) in [5.74, 6) is 0. The first-order valence-corrected chi connectivity index (χ1v) is 5.99. The van der Waals surface area contributed by atoms with Crippen molar-refractivity contribution in [1.29, 1.82) is 0 Å². The monoisotopic (exact) mass is 211 g/mol. The van der Waals surface area contributed by atoms with Crippen LogP contribution in [-0.2, 0) is 0 Å². The summed E-state index contributed by atoms with van der Waals surface area (Å²) in [6, 6.07) is 0.622. The maximum absolute atomic E-state index is 4.42. The molecule has 14 heavy (non-hydrogen) atoms. The summed E-state index contributed by atoms with van der Waals surface area (Å²) in [5, 5.41) is 6.68. The number of thiazole rings is 1. The van der Waals surface area contributed by atoms with Crippen LogP contribution in [0.2, 0.25) is 0 Å². The molecule has 0 aliphatic carbocycles. The van der Waals surface area contributed by atoms with Crippen LogP contribution in [0.5, 0.6) is 0 Å². The fraction of sp³-hybridized carbons (Fsp3) is 0.700. The molecule has 1 saturated heterocycles. The van der Waals surface area contributed by atoms with Gasteiger partial charge in [-0.1, -0.05) is 0 Å². The van der Waals surface area contributed by atoms with Crippen molar-refractivity contribution in [1.82, 2.24) is 9.88 Å². The summed E-state index contributed by atoms with van der Waals surface area (Å²) in [4.78, 5) is 6.80. The molecule has 0 saturated carbocycles. The molecule has 1 aliphatic heterocycles. The average Bonchev–Trinajstić information content (AvgIpc) is 2.56. The number of hydrogen-bond donors (Lipinski definition) is 1. The molecule has 1 N–H and O–H groups in total. The van der Waals surface area contributed by atoms with Crippen molar-refractivity contribution < 1.29 is 0 Å². The molecule has 2 heterocycles. The van der Waals surface area contributed by atoms with Crippen LogP contribution in [0, 0.1) is 6.92 Å². The molecule has 0 atom stereocenters. The lowest BCUT2D eigenvalue weighted by molar-refractivity contribution is 0.264. The lowest BCUT2D eigenvalue weighted by atomic mass is 10.1. The molecule has 0 aromatic carbocycles. The topological polar surface area (TPSA) is 28.2 Å². The first kappa shape index (κ1) is 9.93. The van der Waals surface area contributed by atoms with Crippen LogP contribution in [0.4, 0.5) is 5.13 Å². The van der Waals surface area contributed by atoms with E-state index in [4.69, 9.17) is 0 Å². The highest BCUT2D eigenvalue weighted by Crippen LogP contribution is 2.19. The van der Waals surface area contributed by atoms with Crippen molar-refractivity contribution in [2.75, 3.05) is 25.5 Å². The van der Waals surface area contributed by atoms with Gasteiger partial charge in [-0.3, -0.25) is 0 Å². The van der Waals surface area contributed by atoms with Gasteiger partial charge in [0.25, 0.3) is 0 Å². The van der Waals surface area contributed by atoms with Crippen LogP contribution in [0.15, 0.2) is 5.38 Å². The SMILES string of the molecule is Cc1csc(NC2CCN(C)CC2)n1. The van der Waals surface area contributed by atoms with Crippen molar-refractivity contribution in [2.24, 2.45) is 0 Å². The largest absolute Gasteiger partial charge is 0.359 e. The molecule has 1 fully saturated rings. The van der Waals surface area contributed by atoms with Crippen molar-refractivity contribution >= 4 is 16.5 Å². The van der Waals surface area contributed by atoms with E-state index in [2.05, 4.69) is 27.6 Å². The maximum Gasteiger partial charge on any atom is 0.183 e. The minimum Gasteiger partial charge on any atom is -0.359 e. The second kappa shape index (κ2) is 4.28. The minimum absolute atomic E-state index is 0.622. The minimum atomic E-state index is 0.622. The smallest absolute Gasteiger partial charge is 0.183 e. The number of nitrogens with zero attached hydrogens (tertiary/aromatic N) is 2. The molecular weight excluding hydrogens is 194 g/mol. The van der Waals surface area contributed by atoms with E-state index in [1.54, 1.807) is 11.3 Å².